The summed E-state index contributed by atoms with van der Waals surface area (Å²) in [5.41, 5.74) is 1.86. The molecule has 1 aromatic carbocycles. The molecule has 1 N–H and O–H groups in total. The Morgan fingerprint density at radius 2 is 1.85 bits per heavy atom. The van der Waals surface area contributed by atoms with E-state index in [1.165, 1.54) is 48.6 Å². The highest BCUT2D eigenvalue weighted by atomic mass is 79.9. The van der Waals surface area contributed by atoms with E-state index in [2.05, 4.69) is 59.4 Å². The quantitative estimate of drug-likeness (QED) is 0.720. The predicted molar refractivity (Wildman–Crippen MR) is 91.2 cm³/mol. The van der Waals surface area contributed by atoms with Crippen molar-refractivity contribution in [1.29, 1.82) is 0 Å². The van der Waals surface area contributed by atoms with Crippen LogP contribution in [0.15, 0.2) is 28.7 Å². The zero-order valence-corrected chi connectivity index (χ0v) is 14.5. The summed E-state index contributed by atoms with van der Waals surface area (Å²) >= 11 is 3.64. The maximum Gasteiger partial charge on any atom is 0.0178 e. The van der Waals surface area contributed by atoms with E-state index in [9.17, 15) is 0 Å². The molecule has 1 fully saturated rings. The fourth-order valence-electron chi connectivity index (χ4n) is 3.39. The monoisotopic (exact) mass is 337 g/mol. The molecular weight excluding hydrogens is 310 g/mol. The normalized spacial score (nSPS) is 19.0. The van der Waals surface area contributed by atoms with Crippen LogP contribution < -0.4 is 5.32 Å². The molecule has 1 aliphatic rings. The second-order valence-corrected chi connectivity index (χ2v) is 7.65. The predicted octanol–water partition coefficient (Wildman–Crippen LogP) is 5.29. The third kappa shape index (κ3) is 4.33. The SMILES string of the molecule is CC(C)CNCC1(c2cccc(Br)c2)CCCCCC1. The largest absolute Gasteiger partial charge is 0.316 e. The Hall–Kier alpha value is -0.340. The number of nitrogens with one attached hydrogen (secondary N) is 1. The molecule has 0 unspecified atom stereocenters. The molecule has 0 aromatic heterocycles. The standard InChI is InChI=1S/C18H28BrN/c1-15(2)13-20-14-18(10-5-3-4-6-11-18)16-8-7-9-17(19)12-16/h7-9,12,15,20H,3-6,10-11,13-14H2,1-2H3. The Balaban J connectivity index is 2.18. The number of halogens is 1. The molecular formula is C18H28BrN. The Labute approximate surface area is 132 Å². The molecule has 1 saturated carbocycles. The maximum atomic E-state index is 3.73. The van der Waals surface area contributed by atoms with Gasteiger partial charge in [-0.2, -0.15) is 0 Å². The second kappa shape index (κ2) is 7.61. The summed E-state index contributed by atoms with van der Waals surface area (Å²) in [5.74, 6) is 0.723. The molecule has 0 aliphatic heterocycles. The van der Waals surface area contributed by atoms with Crippen molar-refractivity contribution in [2.75, 3.05) is 13.1 Å². The second-order valence-electron chi connectivity index (χ2n) is 6.73. The summed E-state index contributed by atoms with van der Waals surface area (Å²) in [5, 5.41) is 3.73. The fourth-order valence-corrected chi connectivity index (χ4v) is 3.79. The summed E-state index contributed by atoms with van der Waals surface area (Å²) < 4.78 is 1.21. The number of hydrogen-bond acceptors (Lipinski definition) is 1. The molecule has 1 aliphatic carbocycles. The van der Waals surface area contributed by atoms with Crippen molar-refractivity contribution in [3.8, 4) is 0 Å². The zero-order chi connectivity index (χ0) is 14.4. The third-order valence-electron chi connectivity index (χ3n) is 4.51. The van der Waals surface area contributed by atoms with Crippen LogP contribution in [0.4, 0.5) is 0 Å². The minimum absolute atomic E-state index is 0.342. The third-order valence-corrected chi connectivity index (χ3v) is 5.01. The van der Waals surface area contributed by atoms with E-state index in [1.54, 1.807) is 0 Å². The van der Waals surface area contributed by atoms with Gasteiger partial charge in [0, 0.05) is 16.4 Å². The molecule has 0 radical (unpaired) electrons. The molecule has 0 heterocycles. The van der Waals surface area contributed by atoms with Crippen molar-refractivity contribution in [1.82, 2.24) is 5.32 Å². The van der Waals surface area contributed by atoms with Gasteiger partial charge in [-0.3, -0.25) is 0 Å². The highest BCUT2D eigenvalue weighted by molar-refractivity contribution is 9.10. The lowest BCUT2D eigenvalue weighted by Gasteiger charge is -2.34. The first-order chi connectivity index (χ1) is 9.62. The van der Waals surface area contributed by atoms with Gasteiger partial charge in [-0.25, -0.2) is 0 Å². The number of rotatable bonds is 5. The molecule has 2 heteroatoms. The van der Waals surface area contributed by atoms with Gasteiger partial charge in [-0.15, -0.1) is 0 Å². The van der Waals surface area contributed by atoms with Crippen LogP contribution in [0.2, 0.25) is 0 Å². The minimum atomic E-state index is 0.342. The molecule has 1 nitrogen and oxygen atoms in total. The van der Waals surface area contributed by atoms with Crippen molar-refractivity contribution in [3.05, 3.63) is 34.3 Å². The zero-order valence-electron chi connectivity index (χ0n) is 12.9. The van der Waals surface area contributed by atoms with Gasteiger partial charge >= 0.3 is 0 Å². The molecule has 20 heavy (non-hydrogen) atoms. The van der Waals surface area contributed by atoms with Crippen molar-refractivity contribution < 1.29 is 0 Å². The molecule has 0 amide bonds. The Morgan fingerprint density at radius 3 is 2.45 bits per heavy atom. The Bertz CT molecular complexity index is 406. The van der Waals surface area contributed by atoms with Crippen molar-refractivity contribution >= 4 is 15.9 Å². The highest BCUT2D eigenvalue weighted by Crippen LogP contribution is 2.38. The molecule has 112 valence electrons. The van der Waals surface area contributed by atoms with Gasteiger partial charge < -0.3 is 5.32 Å². The molecule has 0 saturated heterocycles. The van der Waals surface area contributed by atoms with E-state index in [0.29, 0.717) is 5.41 Å². The Kier molecular flexibility index (Phi) is 6.10. The van der Waals surface area contributed by atoms with Crippen molar-refractivity contribution in [2.45, 2.75) is 57.8 Å². The Morgan fingerprint density at radius 1 is 1.15 bits per heavy atom. The van der Waals surface area contributed by atoms with Crippen LogP contribution in [0.5, 0.6) is 0 Å². The first kappa shape index (κ1) is 16.0. The van der Waals surface area contributed by atoms with E-state index in [1.807, 2.05) is 0 Å². The summed E-state index contributed by atoms with van der Waals surface area (Å²) in [6, 6.07) is 8.99. The van der Waals surface area contributed by atoms with Crippen LogP contribution in [0, 0.1) is 5.92 Å². The first-order valence-electron chi connectivity index (χ1n) is 8.09. The van der Waals surface area contributed by atoms with E-state index in [0.717, 1.165) is 19.0 Å². The number of benzene rings is 1. The van der Waals surface area contributed by atoms with E-state index in [4.69, 9.17) is 0 Å². The first-order valence-corrected chi connectivity index (χ1v) is 8.88. The van der Waals surface area contributed by atoms with Crippen LogP contribution >= 0.6 is 15.9 Å². The van der Waals surface area contributed by atoms with E-state index < -0.39 is 0 Å². The topological polar surface area (TPSA) is 12.0 Å². The van der Waals surface area contributed by atoms with Crippen LogP contribution in [0.1, 0.15) is 57.9 Å². The molecule has 0 atom stereocenters. The lowest BCUT2D eigenvalue weighted by Crippen LogP contribution is -2.39. The minimum Gasteiger partial charge on any atom is -0.316 e. The van der Waals surface area contributed by atoms with Gasteiger partial charge in [-0.05, 0) is 43.0 Å². The lowest BCUT2D eigenvalue weighted by molar-refractivity contribution is 0.339. The van der Waals surface area contributed by atoms with Crippen LogP contribution in [-0.4, -0.2) is 13.1 Å². The van der Waals surface area contributed by atoms with E-state index in [-0.39, 0.29) is 0 Å². The molecule has 2 rings (SSSR count). The van der Waals surface area contributed by atoms with Gasteiger partial charge in [0.15, 0.2) is 0 Å². The molecule has 0 bridgehead atoms. The van der Waals surface area contributed by atoms with Gasteiger partial charge in [0.2, 0.25) is 0 Å². The van der Waals surface area contributed by atoms with Crippen molar-refractivity contribution in [2.24, 2.45) is 5.92 Å². The van der Waals surface area contributed by atoms with Gasteiger partial charge in [-0.1, -0.05) is 67.6 Å². The van der Waals surface area contributed by atoms with Crippen LogP contribution in [0.25, 0.3) is 0 Å². The maximum absolute atomic E-state index is 3.73. The summed E-state index contributed by atoms with van der Waals surface area (Å²) in [6.07, 6.45) is 8.20. The van der Waals surface area contributed by atoms with Crippen molar-refractivity contribution in [3.63, 3.8) is 0 Å². The summed E-state index contributed by atoms with van der Waals surface area (Å²) in [6.45, 7) is 6.81. The average Bonchev–Trinajstić information content (AvgIpc) is 2.65. The molecule has 0 spiro atoms. The lowest BCUT2D eigenvalue weighted by atomic mass is 9.74. The van der Waals surface area contributed by atoms with Gasteiger partial charge in [0.05, 0.1) is 0 Å². The van der Waals surface area contributed by atoms with Gasteiger partial charge in [0.1, 0.15) is 0 Å². The van der Waals surface area contributed by atoms with Crippen LogP contribution in [-0.2, 0) is 5.41 Å². The smallest absolute Gasteiger partial charge is 0.0178 e. The summed E-state index contributed by atoms with van der Waals surface area (Å²) in [7, 11) is 0. The van der Waals surface area contributed by atoms with E-state index >= 15 is 0 Å². The molecule has 1 aromatic rings. The fraction of sp³-hybridized carbons (Fsp3) is 0.667. The average molecular weight is 338 g/mol. The van der Waals surface area contributed by atoms with Gasteiger partial charge in [0.25, 0.3) is 0 Å². The number of hydrogen-bond donors (Lipinski definition) is 1. The summed E-state index contributed by atoms with van der Waals surface area (Å²) in [4.78, 5) is 0. The van der Waals surface area contributed by atoms with Crippen LogP contribution in [0.3, 0.4) is 0 Å². The highest BCUT2D eigenvalue weighted by Gasteiger charge is 2.32.